The van der Waals surface area contributed by atoms with Gasteiger partial charge >= 0.3 is 0 Å². The summed E-state index contributed by atoms with van der Waals surface area (Å²) in [5, 5.41) is 9.76. The van der Waals surface area contributed by atoms with Crippen molar-refractivity contribution in [3.05, 3.63) is 69.0 Å². The molecule has 3 heterocycles. The molecule has 2 aliphatic rings. The quantitative estimate of drug-likeness (QED) is 0.780. The van der Waals surface area contributed by atoms with Gasteiger partial charge < -0.3 is 19.8 Å². The zero-order valence-electron chi connectivity index (χ0n) is 16.5. The Hall–Kier alpha value is -2.69. The highest BCUT2D eigenvalue weighted by atomic mass is 32.2. The van der Waals surface area contributed by atoms with E-state index in [2.05, 4.69) is 6.07 Å². The van der Waals surface area contributed by atoms with Crippen LogP contribution in [0.4, 0.5) is 0 Å². The highest BCUT2D eigenvalue weighted by Gasteiger charge is 2.34. The Kier molecular flexibility index (Phi) is 5.39. The molecule has 0 radical (unpaired) electrons. The lowest BCUT2D eigenvalue weighted by atomic mass is 9.84. The van der Waals surface area contributed by atoms with E-state index in [1.165, 1.54) is 0 Å². The Morgan fingerprint density at radius 2 is 2.10 bits per heavy atom. The normalized spacial score (nSPS) is 20.9. The zero-order valence-corrected chi connectivity index (χ0v) is 17.3. The molecule has 2 N–H and O–H groups in total. The van der Waals surface area contributed by atoms with Crippen LogP contribution in [0.3, 0.4) is 0 Å². The molecule has 0 saturated carbocycles. The predicted octanol–water partition coefficient (Wildman–Crippen LogP) is 3.28. The summed E-state index contributed by atoms with van der Waals surface area (Å²) < 4.78 is 13.2. The van der Waals surface area contributed by atoms with E-state index in [1.54, 1.807) is 16.3 Å². The summed E-state index contributed by atoms with van der Waals surface area (Å²) in [6.07, 6.45) is 3.98. The van der Waals surface area contributed by atoms with Crippen LogP contribution >= 0.6 is 11.8 Å². The number of aromatic nitrogens is 1. The summed E-state index contributed by atoms with van der Waals surface area (Å²) in [7, 11) is 0. The van der Waals surface area contributed by atoms with Gasteiger partial charge in [-0.15, -0.1) is 11.8 Å². The molecule has 0 bridgehead atoms. The van der Waals surface area contributed by atoms with Crippen LogP contribution in [0, 0.1) is 18.3 Å². The number of aryl methyl sites for hydroxylation is 1. The lowest BCUT2D eigenvalue weighted by Crippen LogP contribution is -2.35. The standard InChI is InChI=1S/C22H23N3O3S/c1-13-10-18-20(22(26)25(13)12-15-4-3-9-27-15)19(17(11-23)21(24)28-18)14-5-7-16(29-2)8-6-14/h5-8,10,15,19H,3-4,9,12,24H2,1-2H3/t15-,19+/m0/s1. The third kappa shape index (κ3) is 3.54. The van der Waals surface area contributed by atoms with Crippen molar-refractivity contribution in [2.45, 2.75) is 43.2 Å². The molecule has 1 saturated heterocycles. The number of nitrogens with two attached hydrogens (primary N) is 1. The SMILES string of the molecule is CSc1ccc([C@@H]2C(C#N)=C(N)Oc3cc(C)n(C[C@@H]4CCCO4)c(=O)c32)cc1. The fraction of sp³-hybridized carbons (Fsp3) is 0.364. The molecule has 0 aliphatic carbocycles. The van der Waals surface area contributed by atoms with E-state index >= 15 is 0 Å². The van der Waals surface area contributed by atoms with Crippen LogP contribution in [0.5, 0.6) is 5.75 Å². The van der Waals surface area contributed by atoms with E-state index in [0.717, 1.165) is 35.6 Å². The maximum Gasteiger partial charge on any atom is 0.258 e. The lowest BCUT2D eigenvalue weighted by molar-refractivity contribution is 0.0955. The molecule has 1 fully saturated rings. The topological polar surface area (TPSA) is 90.3 Å². The Balaban J connectivity index is 1.87. The summed E-state index contributed by atoms with van der Waals surface area (Å²) in [6, 6.07) is 11.8. The summed E-state index contributed by atoms with van der Waals surface area (Å²) in [5.41, 5.74) is 8.25. The molecule has 1 aromatic carbocycles. The highest BCUT2D eigenvalue weighted by Crippen LogP contribution is 2.40. The number of nitrogens with zero attached hydrogens (tertiary/aromatic N) is 2. The van der Waals surface area contributed by atoms with Crippen LogP contribution < -0.4 is 16.0 Å². The first-order valence-corrected chi connectivity index (χ1v) is 10.8. The minimum atomic E-state index is -0.552. The van der Waals surface area contributed by atoms with Gasteiger partial charge in [-0.3, -0.25) is 4.79 Å². The van der Waals surface area contributed by atoms with Gasteiger partial charge in [-0.25, -0.2) is 0 Å². The molecule has 6 nitrogen and oxygen atoms in total. The van der Waals surface area contributed by atoms with E-state index in [1.807, 2.05) is 43.5 Å². The molecule has 0 unspecified atom stereocenters. The number of ether oxygens (including phenoxy) is 2. The van der Waals surface area contributed by atoms with Crippen LogP contribution in [-0.4, -0.2) is 23.5 Å². The van der Waals surface area contributed by atoms with Crippen LogP contribution in [0.2, 0.25) is 0 Å². The fourth-order valence-corrected chi connectivity index (χ4v) is 4.44. The Bertz CT molecular complexity index is 1060. The summed E-state index contributed by atoms with van der Waals surface area (Å²) in [6.45, 7) is 3.11. The van der Waals surface area contributed by atoms with Gasteiger partial charge in [0.15, 0.2) is 0 Å². The van der Waals surface area contributed by atoms with E-state index in [-0.39, 0.29) is 23.1 Å². The van der Waals surface area contributed by atoms with Crippen molar-refractivity contribution in [3.63, 3.8) is 0 Å². The van der Waals surface area contributed by atoms with Crippen LogP contribution in [0.15, 0.2) is 51.5 Å². The maximum absolute atomic E-state index is 13.5. The van der Waals surface area contributed by atoms with Gasteiger partial charge in [0.05, 0.1) is 24.1 Å². The van der Waals surface area contributed by atoms with Crippen LogP contribution in [0.25, 0.3) is 0 Å². The fourth-order valence-electron chi connectivity index (χ4n) is 4.03. The van der Waals surface area contributed by atoms with Crippen molar-refractivity contribution in [1.29, 1.82) is 5.26 Å². The number of benzene rings is 1. The van der Waals surface area contributed by atoms with Gasteiger partial charge in [-0.1, -0.05) is 12.1 Å². The number of fused-ring (bicyclic) bond motifs is 1. The highest BCUT2D eigenvalue weighted by molar-refractivity contribution is 7.98. The van der Waals surface area contributed by atoms with Crippen LogP contribution in [0.1, 0.15) is 35.6 Å². The monoisotopic (exact) mass is 409 g/mol. The first kappa shape index (κ1) is 19.6. The molecule has 7 heteroatoms. The number of allylic oxidation sites excluding steroid dienone is 1. The molecule has 29 heavy (non-hydrogen) atoms. The third-order valence-corrected chi connectivity index (χ3v) is 6.29. The second-order valence-corrected chi connectivity index (χ2v) is 8.19. The Morgan fingerprint density at radius 1 is 1.34 bits per heavy atom. The lowest BCUT2D eigenvalue weighted by Gasteiger charge is -2.28. The van der Waals surface area contributed by atoms with Crippen molar-refractivity contribution in [1.82, 2.24) is 4.57 Å². The number of nitriles is 1. The molecule has 150 valence electrons. The molecule has 0 amide bonds. The van der Waals surface area contributed by atoms with E-state index in [4.69, 9.17) is 15.2 Å². The number of rotatable bonds is 4. The molecule has 2 atom stereocenters. The summed E-state index contributed by atoms with van der Waals surface area (Å²) in [4.78, 5) is 14.7. The number of pyridine rings is 1. The smallest absolute Gasteiger partial charge is 0.258 e. The number of hydrogen-bond donors (Lipinski definition) is 1. The van der Waals surface area contributed by atoms with Gasteiger partial charge in [-0.2, -0.15) is 5.26 Å². The third-order valence-electron chi connectivity index (χ3n) is 5.55. The largest absolute Gasteiger partial charge is 0.440 e. The second-order valence-electron chi connectivity index (χ2n) is 7.31. The average molecular weight is 410 g/mol. The molecular formula is C22H23N3O3S. The van der Waals surface area contributed by atoms with Crippen molar-refractivity contribution in [2.75, 3.05) is 12.9 Å². The molecule has 1 aromatic heterocycles. The van der Waals surface area contributed by atoms with E-state index in [9.17, 15) is 10.1 Å². The zero-order chi connectivity index (χ0) is 20.5. The molecule has 2 aromatic rings. The van der Waals surface area contributed by atoms with Gasteiger partial charge in [0.1, 0.15) is 17.4 Å². The first-order valence-electron chi connectivity index (χ1n) is 9.61. The van der Waals surface area contributed by atoms with Crippen LogP contribution in [-0.2, 0) is 11.3 Å². The second kappa shape index (κ2) is 7.97. The van der Waals surface area contributed by atoms with Crippen molar-refractivity contribution < 1.29 is 9.47 Å². The average Bonchev–Trinajstić information content (AvgIpc) is 3.23. The molecule has 0 spiro atoms. The maximum atomic E-state index is 13.5. The van der Waals surface area contributed by atoms with Crippen molar-refractivity contribution >= 4 is 11.8 Å². The summed E-state index contributed by atoms with van der Waals surface area (Å²) >= 11 is 1.64. The summed E-state index contributed by atoms with van der Waals surface area (Å²) in [5.74, 6) is -0.0790. The minimum absolute atomic E-state index is 0.0318. The van der Waals surface area contributed by atoms with Crippen molar-refractivity contribution in [3.8, 4) is 11.8 Å². The molecular weight excluding hydrogens is 386 g/mol. The van der Waals surface area contributed by atoms with Crippen molar-refractivity contribution in [2.24, 2.45) is 5.73 Å². The van der Waals surface area contributed by atoms with Gasteiger partial charge in [-0.05, 0) is 43.7 Å². The van der Waals surface area contributed by atoms with Gasteiger partial charge in [0, 0.05) is 23.3 Å². The Labute approximate surface area is 173 Å². The van der Waals surface area contributed by atoms with Gasteiger partial charge in [0.2, 0.25) is 5.88 Å². The number of hydrogen-bond acceptors (Lipinski definition) is 6. The van der Waals surface area contributed by atoms with E-state index in [0.29, 0.717) is 17.9 Å². The first-order chi connectivity index (χ1) is 14.0. The molecule has 2 aliphatic heterocycles. The van der Waals surface area contributed by atoms with E-state index < -0.39 is 5.92 Å². The minimum Gasteiger partial charge on any atom is -0.440 e. The molecule has 4 rings (SSSR count). The number of thioether (sulfide) groups is 1. The predicted molar refractivity (Wildman–Crippen MR) is 112 cm³/mol. The Morgan fingerprint density at radius 3 is 2.72 bits per heavy atom. The van der Waals surface area contributed by atoms with Gasteiger partial charge in [0.25, 0.3) is 5.56 Å².